The van der Waals surface area contributed by atoms with Crippen LogP contribution in [-0.4, -0.2) is 68.1 Å². The Morgan fingerprint density at radius 2 is 1.84 bits per heavy atom. The average Bonchev–Trinajstić information content (AvgIpc) is 3.71. The van der Waals surface area contributed by atoms with Gasteiger partial charge in [-0.1, -0.05) is 31.5 Å². The third kappa shape index (κ3) is 5.76. The van der Waals surface area contributed by atoms with Gasteiger partial charge in [-0.25, -0.2) is 33.3 Å². The SMILES string of the molecule is CCCCNC(=O)Nc1ncnc2c1ncn2C1OC(COc2cccc(F)c2C(=O)O)C2O[C@H](c3ccc(F)cc3)OC21. The molecule has 15 heteroatoms. The molecule has 4 heterocycles. The van der Waals surface area contributed by atoms with Gasteiger partial charge in [0.1, 0.15) is 54.2 Å². The van der Waals surface area contributed by atoms with E-state index in [0.717, 1.165) is 18.9 Å². The summed E-state index contributed by atoms with van der Waals surface area (Å²) < 4.78 is 54.0. The predicted molar refractivity (Wildman–Crippen MR) is 149 cm³/mol. The van der Waals surface area contributed by atoms with Crippen molar-refractivity contribution in [2.24, 2.45) is 0 Å². The van der Waals surface area contributed by atoms with Crippen molar-refractivity contribution in [1.29, 1.82) is 0 Å². The van der Waals surface area contributed by atoms with Crippen LogP contribution in [0.25, 0.3) is 11.2 Å². The summed E-state index contributed by atoms with van der Waals surface area (Å²) >= 11 is 0. The van der Waals surface area contributed by atoms with E-state index in [-0.39, 0.29) is 18.2 Å². The Balaban J connectivity index is 1.28. The van der Waals surface area contributed by atoms with Gasteiger partial charge in [0.15, 0.2) is 29.5 Å². The number of rotatable bonds is 10. The first-order valence-corrected chi connectivity index (χ1v) is 13.9. The normalized spacial score (nSPS) is 22.6. The third-order valence-corrected chi connectivity index (χ3v) is 7.26. The van der Waals surface area contributed by atoms with Gasteiger partial charge >= 0.3 is 12.0 Å². The van der Waals surface area contributed by atoms with Crippen LogP contribution >= 0.6 is 0 Å². The van der Waals surface area contributed by atoms with Gasteiger partial charge < -0.3 is 29.4 Å². The van der Waals surface area contributed by atoms with Gasteiger partial charge in [0, 0.05) is 12.1 Å². The van der Waals surface area contributed by atoms with Gasteiger partial charge in [-0.05, 0) is 30.7 Å². The van der Waals surface area contributed by atoms with E-state index in [0.29, 0.717) is 23.3 Å². The highest BCUT2D eigenvalue weighted by molar-refractivity contribution is 5.95. The number of ether oxygens (including phenoxy) is 4. The molecule has 5 atom stereocenters. The molecular weight excluding hydrogens is 582 g/mol. The summed E-state index contributed by atoms with van der Waals surface area (Å²) in [5, 5.41) is 14.9. The second kappa shape index (κ2) is 12.5. The maximum Gasteiger partial charge on any atom is 0.342 e. The Kier molecular flexibility index (Phi) is 8.32. The molecule has 4 aromatic rings. The van der Waals surface area contributed by atoms with E-state index in [4.69, 9.17) is 18.9 Å². The highest BCUT2D eigenvalue weighted by atomic mass is 19.1. The number of imidazole rings is 1. The van der Waals surface area contributed by atoms with Crippen molar-refractivity contribution >= 4 is 29.0 Å². The molecule has 2 saturated heterocycles. The van der Waals surface area contributed by atoms with Gasteiger partial charge in [-0.2, -0.15) is 0 Å². The second-order valence-electron chi connectivity index (χ2n) is 10.2. The Hall–Kier alpha value is -4.73. The molecule has 2 aliphatic heterocycles. The number of urea groups is 1. The number of fused-ring (bicyclic) bond motifs is 2. The summed E-state index contributed by atoms with van der Waals surface area (Å²) in [6, 6.07) is 8.93. The van der Waals surface area contributed by atoms with E-state index >= 15 is 0 Å². The number of hydrogen-bond acceptors (Lipinski definition) is 9. The number of carboxylic acid groups (broad SMARTS) is 1. The van der Waals surface area contributed by atoms with Crippen LogP contribution in [-0.2, 0) is 14.2 Å². The minimum Gasteiger partial charge on any atom is -0.490 e. The molecular formula is C29H28F2N6O7. The van der Waals surface area contributed by atoms with Gasteiger partial charge in [0.25, 0.3) is 0 Å². The van der Waals surface area contributed by atoms with E-state index in [1.165, 1.54) is 49.1 Å². The molecule has 2 aromatic carbocycles. The molecule has 0 saturated carbocycles. The summed E-state index contributed by atoms with van der Waals surface area (Å²) in [4.78, 5) is 37.0. The van der Waals surface area contributed by atoms with Crippen molar-refractivity contribution in [2.75, 3.05) is 18.5 Å². The molecule has 230 valence electrons. The first-order chi connectivity index (χ1) is 21.3. The fraction of sp³-hybridized carbons (Fsp3) is 0.345. The van der Waals surface area contributed by atoms with E-state index in [9.17, 15) is 23.5 Å². The van der Waals surface area contributed by atoms with Crippen LogP contribution in [0.1, 0.15) is 48.2 Å². The first kappa shape index (κ1) is 29.3. The third-order valence-electron chi connectivity index (χ3n) is 7.26. The number of carbonyl (C=O) groups excluding carboxylic acids is 1. The summed E-state index contributed by atoms with van der Waals surface area (Å²) in [5.74, 6) is -2.83. The van der Waals surface area contributed by atoms with E-state index in [1.54, 1.807) is 4.57 Å². The van der Waals surface area contributed by atoms with Crippen molar-refractivity contribution in [3.05, 3.63) is 77.9 Å². The van der Waals surface area contributed by atoms with Crippen LogP contribution in [0, 0.1) is 11.6 Å². The number of hydrogen-bond donors (Lipinski definition) is 3. The summed E-state index contributed by atoms with van der Waals surface area (Å²) in [5.41, 5.74) is 0.595. The smallest absolute Gasteiger partial charge is 0.342 e. The van der Waals surface area contributed by atoms with E-state index < -0.39 is 60.0 Å². The molecule has 2 aromatic heterocycles. The van der Waals surface area contributed by atoms with Crippen LogP contribution in [0.2, 0.25) is 0 Å². The number of unbranched alkanes of at least 4 members (excludes halogenated alkanes) is 1. The number of carbonyl (C=O) groups is 2. The monoisotopic (exact) mass is 610 g/mol. The molecule has 2 fully saturated rings. The number of aromatic nitrogens is 4. The highest BCUT2D eigenvalue weighted by Crippen LogP contribution is 2.45. The number of carboxylic acids is 1. The molecule has 0 bridgehead atoms. The number of anilines is 1. The van der Waals surface area contributed by atoms with Crippen LogP contribution in [0.5, 0.6) is 5.75 Å². The lowest BCUT2D eigenvalue weighted by atomic mass is 10.1. The molecule has 3 N–H and O–H groups in total. The molecule has 2 amide bonds. The van der Waals surface area contributed by atoms with Gasteiger partial charge in [0.05, 0.1) is 6.33 Å². The Bertz CT molecular complexity index is 1670. The first-order valence-electron chi connectivity index (χ1n) is 13.9. The second-order valence-corrected chi connectivity index (χ2v) is 10.2. The lowest BCUT2D eigenvalue weighted by Gasteiger charge is -2.22. The fourth-order valence-corrected chi connectivity index (χ4v) is 5.13. The van der Waals surface area contributed by atoms with Gasteiger partial charge in [-0.15, -0.1) is 0 Å². The number of aromatic carboxylic acids is 1. The molecule has 4 unspecified atom stereocenters. The number of amides is 2. The zero-order valence-electron chi connectivity index (χ0n) is 23.4. The summed E-state index contributed by atoms with van der Waals surface area (Å²) in [6.07, 6.45) is 0.452. The minimum atomic E-state index is -1.48. The minimum absolute atomic E-state index is 0.177. The molecule has 44 heavy (non-hydrogen) atoms. The van der Waals surface area contributed by atoms with Crippen molar-refractivity contribution in [2.45, 2.75) is 50.6 Å². The predicted octanol–water partition coefficient (Wildman–Crippen LogP) is 4.18. The fourth-order valence-electron chi connectivity index (χ4n) is 5.13. The molecule has 0 spiro atoms. The standard InChI is InChI=1S/C29H28F2N6O7/c1-2-3-11-32-29(40)36-24-21-25(34-13-33-24)37(14-35-21)26-23-22(43-28(44-23)15-7-9-16(30)10-8-15)19(42-26)12-41-18-6-4-5-17(31)20(18)27(38)39/h4-10,13-14,19,22-23,26,28H,2-3,11-12H2,1H3,(H,38,39)(H2,32,33,34,36,40)/t19?,22?,23?,26?,28-/m0/s1. The quantitative estimate of drug-likeness (QED) is 0.222. The molecule has 6 rings (SSSR count). The zero-order chi connectivity index (χ0) is 30.8. The van der Waals surface area contributed by atoms with E-state index in [1.807, 2.05) is 6.92 Å². The van der Waals surface area contributed by atoms with Crippen molar-refractivity contribution in [3.8, 4) is 5.75 Å². The maximum absolute atomic E-state index is 14.3. The summed E-state index contributed by atoms with van der Waals surface area (Å²) in [6.45, 7) is 2.30. The van der Waals surface area contributed by atoms with Crippen LogP contribution in [0.4, 0.5) is 19.4 Å². The topological polar surface area (TPSA) is 159 Å². The maximum atomic E-state index is 14.3. The Morgan fingerprint density at radius 1 is 1.05 bits per heavy atom. The highest BCUT2D eigenvalue weighted by Gasteiger charge is 2.54. The van der Waals surface area contributed by atoms with Crippen molar-refractivity contribution < 1.29 is 42.4 Å². The van der Waals surface area contributed by atoms with Gasteiger partial charge in [-0.3, -0.25) is 9.88 Å². The largest absolute Gasteiger partial charge is 0.490 e. The molecule has 0 aliphatic carbocycles. The Morgan fingerprint density at radius 3 is 2.61 bits per heavy atom. The van der Waals surface area contributed by atoms with Crippen molar-refractivity contribution in [3.63, 3.8) is 0 Å². The van der Waals surface area contributed by atoms with Crippen LogP contribution < -0.4 is 15.4 Å². The Labute approximate surface area is 249 Å². The number of halogens is 2. The van der Waals surface area contributed by atoms with Crippen molar-refractivity contribution in [1.82, 2.24) is 24.8 Å². The van der Waals surface area contributed by atoms with Gasteiger partial charge in [0.2, 0.25) is 0 Å². The lowest BCUT2D eigenvalue weighted by Crippen LogP contribution is -2.33. The number of nitrogens with zero attached hydrogens (tertiary/aromatic N) is 4. The van der Waals surface area contributed by atoms with Crippen LogP contribution in [0.15, 0.2) is 55.1 Å². The molecule has 2 aliphatic rings. The molecule has 0 radical (unpaired) electrons. The lowest BCUT2D eigenvalue weighted by molar-refractivity contribution is -0.152. The summed E-state index contributed by atoms with van der Waals surface area (Å²) in [7, 11) is 0. The molecule has 13 nitrogen and oxygen atoms in total. The average molecular weight is 611 g/mol. The van der Waals surface area contributed by atoms with E-state index in [2.05, 4.69) is 25.6 Å². The number of nitrogens with one attached hydrogen (secondary N) is 2. The zero-order valence-corrected chi connectivity index (χ0v) is 23.4. The van der Waals surface area contributed by atoms with Crippen LogP contribution in [0.3, 0.4) is 0 Å². The number of benzene rings is 2.